The van der Waals surface area contributed by atoms with Gasteiger partial charge < -0.3 is 14.4 Å². The lowest BCUT2D eigenvalue weighted by molar-refractivity contribution is -0.174. The molecule has 3 aromatic rings. The molecular weight excluding hydrogens is 410 g/mol. The lowest BCUT2D eigenvalue weighted by atomic mass is 9.69. The molecule has 0 amide bonds. The van der Waals surface area contributed by atoms with E-state index in [1.165, 1.54) is 4.40 Å². The summed E-state index contributed by atoms with van der Waals surface area (Å²) in [5, 5.41) is 0. The highest BCUT2D eigenvalue weighted by atomic mass is 16.6. The van der Waals surface area contributed by atoms with E-state index in [9.17, 15) is 14.4 Å². The minimum atomic E-state index is -1.76. The number of carbonyl (C=O) groups is 2. The second kappa shape index (κ2) is 8.45. The minimum absolute atomic E-state index is 0.0903. The van der Waals surface area contributed by atoms with Crippen molar-refractivity contribution in [2.24, 2.45) is 5.41 Å². The number of pyridine rings is 1. The van der Waals surface area contributed by atoms with Crippen molar-refractivity contribution >= 4 is 23.4 Å². The van der Waals surface area contributed by atoms with Crippen molar-refractivity contribution in [3.05, 3.63) is 76.2 Å². The van der Waals surface area contributed by atoms with E-state index in [2.05, 4.69) is 0 Å². The van der Waals surface area contributed by atoms with Gasteiger partial charge in [0.2, 0.25) is 0 Å². The van der Waals surface area contributed by atoms with Crippen molar-refractivity contribution in [2.75, 3.05) is 25.2 Å². The van der Waals surface area contributed by atoms with E-state index < -0.39 is 23.4 Å². The highest BCUT2D eigenvalue weighted by Gasteiger charge is 2.60. The molecule has 1 aromatic carbocycles. The lowest BCUT2D eigenvalue weighted by Gasteiger charge is -2.45. The molecule has 0 bridgehead atoms. The fourth-order valence-electron chi connectivity index (χ4n) is 4.50. The van der Waals surface area contributed by atoms with E-state index in [4.69, 9.17) is 14.5 Å². The number of rotatable bonds is 5. The van der Waals surface area contributed by atoms with Crippen LogP contribution in [-0.2, 0) is 25.5 Å². The van der Waals surface area contributed by atoms with Crippen molar-refractivity contribution < 1.29 is 19.1 Å². The van der Waals surface area contributed by atoms with Gasteiger partial charge in [0.25, 0.3) is 5.56 Å². The normalized spacial score (nSPS) is 17.0. The molecule has 1 unspecified atom stereocenters. The summed E-state index contributed by atoms with van der Waals surface area (Å²) in [6, 6.07) is 13.7. The van der Waals surface area contributed by atoms with Gasteiger partial charge in [-0.1, -0.05) is 36.4 Å². The predicted octanol–water partition coefficient (Wildman–Crippen LogP) is 2.54. The average molecular weight is 435 g/mol. The van der Waals surface area contributed by atoms with Crippen molar-refractivity contribution in [1.29, 1.82) is 0 Å². The van der Waals surface area contributed by atoms with Crippen LogP contribution < -0.4 is 10.5 Å². The maximum absolute atomic E-state index is 13.5. The number of hydrogen-bond acceptors (Lipinski definition) is 7. The van der Waals surface area contributed by atoms with Crippen molar-refractivity contribution in [3.8, 4) is 0 Å². The largest absolute Gasteiger partial charge is 0.465 e. The Kier molecular flexibility index (Phi) is 5.69. The van der Waals surface area contributed by atoms with Gasteiger partial charge in [-0.2, -0.15) is 0 Å². The van der Waals surface area contributed by atoms with Gasteiger partial charge in [-0.15, -0.1) is 0 Å². The monoisotopic (exact) mass is 435 g/mol. The molecule has 0 saturated heterocycles. The summed E-state index contributed by atoms with van der Waals surface area (Å²) in [7, 11) is 1.73. The predicted molar refractivity (Wildman–Crippen MR) is 118 cm³/mol. The zero-order chi connectivity index (χ0) is 22.9. The van der Waals surface area contributed by atoms with E-state index in [-0.39, 0.29) is 30.8 Å². The molecule has 1 atom stereocenters. The molecule has 32 heavy (non-hydrogen) atoms. The topological polar surface area (TPSA) is 90.2 Å². The number of aromatic nitrogens is 2. The van der Waals surface area contributed by atoms with Crippen molar-refractivity contribution in [1.82, 2.24) is 9.38 Å². The zero-order valence-electron chi connectivity index (χ0n) is 18.3. The van der Waals surface area contributed by atoms with Crippen LogP contribution in [0.4, 0.5) is 5.82 Å². The molecule has 1 aliphatic rings. The third kappa shape index (κ3) is 3.23. The Bertz CT molecular complexity index is 1200. The number of nitrogens with zero attached hydrogens (tertiary/aromatic N) is 3. The summed E-state index contributed by atoms with van der Waals surface area (Å²) in [6.07, 6.45) is 1.44. The Hall–Kier alpha value is -3.68. The maximum atomic E-state index is 13.5. The standard InChI is InChI=1S/C24H25N3O5/c1-4-31-22(29)24(23(30)32-5-2)15-17-20(25-18-13-9-10-14-27(18)21(17)28)26(3)19(24)16-11-7-6-8-12-16/h6-14,19H,4-5,15H2,1-3H3. The Labute approximate surface area is 185 Å². The summed E-state index contributed by atoms with van der Waals surface area (Å²) in [4.78, 5) is 46.8. The van der Waals surface area contributed by atoms with E-state index in [1.54, 1.807) is 50.2 Å². The van der Waals surface area contributed by atoms with Crippen LogP contribution in [0.15, 0.2) is 59.5 Å². The number of ether oxygens (including phenoxy) is 2. The lowest BCUT2D eigenvalue weighted by Crippen LogP contribution is -2.57. The van der Waals surface area contributed by atoms with E-state index in [0.29, 0.717) is 11.5 Å². The molecule has 0 saturated carbocycles. The fraction of sp³-hybridized carbons (Fsp3) is 0.333. The summed E-state index contributed by atoms with van der Waals surface area (Å²) < 4.78 is 12.2. The smallest absolute Gasteiger partial charge is 0.326 e. The van der Waals surface area contributed by atoms with Gasteiger partial charge in [0, 0.05) is 19.7 Å². The van der Waals surface area contributed by atoms with Crippen LogP contribution >= 0.6 is 0 Å². The van der Waals surface area contributed by atoms with Gasteiger partial charge in [0.05, 0.1) is 24.8 Å². The van der Waals surface area contributed by atoms with Gasteiger partial charge in [-0.3, -0.25) is 18.8 Å². The molecule has 0 aliphatic carbocycles. The van der Waals surface area contributed by atoms with Crippen LogP contribution in [0.25, 0.3) is 5.65 Å². The third-order valence-corrected chi connectivity index (χ3v) is 5.84. The Balaban J connectivity index is 2.05. The number of benzene rings is 1. The molecular formula is C24H25N3O5. The van der Waals surface area contributed by atoms with Crippen LogP contribution in [-0.4, -0.2) is 41.6 Å². The first-order valence-electron chi connectivity index (χ1n) is 10.6. The Morgan fingerprint density at radius 1 is 1.03 bits per heavy atom. The van der Waals surface area contributed by atoms with E-state index >= 15 is 0 Å². The molecule has 3 heterocycles. The van der Waals surface area contributed by atoms with E-state index in [0.717, 1.165) is 5.56 Å². The molecule has 166 valence electrons. The first-order chi connectivity index (χ1) is 15.5. The van der Waals surface area contributed by atoms with Gasteiger partial charge in [0.15, 0.2) is 5.41 Å². The van der Waals surface area contributed by atoms with Crippen LogP contribution in [0.1, 0.15) is 31.0 Å². The molecule has 8 nitrogen and oxygen atoms in total. The molecule has 8 heteroatoms. The second-order valence-electron chi connectivity index (χ2n) is 7.66. The quantitative estimate of drug-likeness (QED) is 0.449. The third-order valence-electron chi connectivity index (χ3n) is 5.84. The van der Waals surface area contributed by atoms with Gasteiger partial charge in [0.1, 0.15) is 11.5 Å². The Morgan fingerprint density at radius 2 is 1.66 bits per heavy atom. The molecule has 0 radical (unpaired) electrons. The summed E-state index contributed by atoms with van der Waals surface area (Å²) in [6.45, 7) is 3.54. The molecule has 2 aromatic heterocycles. The molecule has 0 spiro atoms. The first kappa shape index (κ1) is 21.5. The summed E-state index contributed by atoms with van der Waals surface area (Å²) in [5.74, 6) is -1.01. The minimum Gasteiger partial charge on any atom is -0.465 e. The van der Waals surface area contributed by atoms with Gasteiger partial charge in [-0.05, 0) is 31.5 Å². The number of hydrogen-bond donors (Lipinski definition) is 0. The average Bonchev–Trinajstić information content (AvgIpc) is 2.80. The molecule has 4 rings (SSSR count). The Morgan fingerprint density at radius 3 is 2.28 bits per heavy atom. The molecule has 0 fully saturated rings. The molecule has 1 aliphatic heterocycles. The summed E-state index contributed by atoms with van der Waals surface area (Å²) in [5.41, 5.74) is -0.628. The van der Waals surface area contributed by atoms with E-state index in [1.807, 2.05) is 30.3 Å². The van der Waals surface area contributed by atoms with Crippen LogP contribution in [0.5, 0.6) is 0 Å². The fourth-order valence-corrected chi connectivity index (χ4v) is 4.50. The van der Waals surface area contributed by atoms with Crippen LogP contribution in [0, 0.1) is 5.41 Å². The number of anilines is 1. The second-order valence-corrected chi connectivity index (χ2v) is 7.66. The number of fused-ring (bicyclic) bond motifs is 2. The number of esters is 2. The SMILES string of the molecule is CCOC(=O)C1(C(=O)OCC)Cc2c(nc3ccccn3c2=O)N(C)C1c1ccccc1. The maximum Gasteiger partial charge on any atom is 0.326 e. The summed E-state index contributed by atoms with van der Waals surface area (Å²) >= 11 is 0. The van der Waals surface area contributed by atoms with Crippen LogP contribution in [0.3, 0.4) is 0 Å². The zero-order valence-corrected chi connectivity index (χ0v) is 18.3. The first-order valence-corrected chi connectivity index (χ1v) is 10.6. The highest BCUT2D eigenvalue weighted by molar-refractivity contribution is 6.03. The van der Waals surface area contributed by atoms with Crippen molar-refractivity contribution in [2.45, 2.75) is 26.3 Å². The van der Waals surface area contributed by atoms with Crippen molar-refractivity contribution in [3.63, 3.8) is 0 Å². The van der Waals surface area contributed by atoms with Gasteiger partial charge in [-0.25, -0.2) is 4.98 Å². The van der Waals surface area contributed by atoms with Crippen LogP contribution in [0.2, 0.25) is 0 Å². The number of carbonyl (C=O) groups excluding carboxylic acids is 2. The molecule has 0 N–H and O–H groups in total. The van der Waals surface area contributed by atoms with Gasteiger partial charge >= 0.3 is 11.9 Å². The highest BCUT2D eigenvalue weighted by Crippen LogP contribution is 2.49.